The molecule has 2 amide bonds. The molecule has 0 fully saturated rings. The lowest BCUT2D eigenvalue weighted by molar-refractivity contribution is -0.154. The molecule has 1 aromatic heterocycles. The highest BCUT2D eigenvalue weighted by molar-refractivity contribution is 5.80. The number of alkyl halides is 3. The summed E-state index contributed by atoms with van der Waals surface area (Å²) in [4.78, 5) is 30.1. The van der Waals surface area contributed by atoms with Crippen molar-refractivity contribution < 1.29 is 33.1 Å². The smallest absolute Gasteiger partial charge is 0.395 e. The van der Waals surface area contributed by atoms with E-state index in [2.05, 4.69) is 26.1 Å². The Hall–Kier alpha value is -2.67. The van der Waals surface area contributed by atoms with E-state index in [0.29, 0.717) is 24.0 Å². The zero-order valence-corrected chi connectivity index (χ0v) is 15.9. The number of anilines is 2. The summed E-state index contributed by atoms with van der Waals surface area (Å²) < 4.78 is 39.0. The Balaban J connectivity index is 2.88. The predicted molar refractivity (Wildman–Crippen MR) is 96.6 cm³/mol. The molecule has 0 radical (unpaired) electrons. The second-order valence-electron chi connectivity index (χ2n) is 6.14. The highest BCUT2D eigenvalue weighted by Crippen LogP contribution is 2.29. The summed E-state index contributed by atoms with van der Waals surface area (Å²) in [6, 6.07) is 0.671. The molecule has 0 spiro atoms. The van der Waals surface area contributed by atoms with Crippen LogP contribution in [0.4, 0.5) is 24.9 Å². The van der Waals surface area contributed by atoms with Crippen molar-refractivity contribution in [2.24, 2.45) is 5.92 Å². The first-order chi connectivity index (χ1) is 13.7. The van der Waals surface area contributed by atoms with Gasteiger partial charge in [0.15, 0.2) is 5.69 Å². The van der Waals surface area contributed by atoms with E-state index in [9.17, 15) is 28.0 Å². The minimum absolute atomic E-state index is 0.0301. The van der Waals surface area contributed by atoms with Gasteiger partial charge in [0.2, 0.25) is 18.3 Å². The molecular formula is C16H25F3N6O4. The van der Waals surface area contributed by atoms with Crippen molar-refractivity contribution in [3.63, 3.8) is 0 Å². The zero-order valence-electron chi connectivity index (χ0n) is 15.9. The van der Waals surface area contributed by atoms with Gasteiger partial charge in [-0.25, -0.2) is 10.0 Å². The van der Waals surface area contributed by atoms with Gasteiger partial charge in [0.05, 0.1) is 19.1 Å². The molecule has 0 aromatic carbocycles. The lowest BCUT2D eigenvalue weighted by Gasteiger charge is -2.20. The number of hydrogen-bond donors (Lipinski definition) is 5. The second-order valence-corrected chi connectivity index (χ2v) is 6.14. The summed E-state index contributed by atoms with van der Waals surface area (Å²) in [7, 11) is 0. The van der Waals surface area contributed by atoms with Gasteiger partial charge in [0, 0.05) is 12.6 Å². The number of unbranched alkanes of at least 4 members (excludes halogenated alkanes) is 2. The third-order valence-electron chi connectivity index (χ3n) is 3.79. The Kier molecular flexibility index (Phi) is 10.1. The molecule has 164 valence electrons. The number of nitrogens with zero attached hydrogens (tertiary/aromatic N) is 3. The van der Waals surface area contributed by atoms with Gasteiger partial charge in [-0.15, -0.1) is 0 Å². The number of rotatable bonds is 13. The fourth-order valence-electron chi connectivity index (χ4n) is 2.36. The quantitative estimate of drug-likeness (QED) is 0.139. The molecule has 29 heavy (non-hydrogen) atoms. The lowest BCUT2D eigenvalue weighted by Crippen LogP contribution is -2.40. The molecule has 1 atom stereocenters. The van der Waals surface area contributed by atoms with Crippen LogP contribution < -0.4 is 16.2 Å². The summed E-state index contributed by atoms with van der Waals surface area (Å²) in [6.45, 7) is 1.34. The number of hydrazine groups is 1. The van der Waals surface area contributed by atoms with E-state index >= 15 is 0 Å². The highest BCUT2D eigenvalue weighted by Gasteiger charge is 2.34. The number of aliphatic hydroxyl groups is 1. The maximum atomic E-state index is 13.0. The molecule has 1 heterocycles. The van der Waals surface area contributed by atoms with Crippen LogP contribution in [0.5, 0.6) is 0 Å². The average Bonchev–Trinajstić information content (AvgIpc) is 2.68. The molecule has 1 aromatic rings. The first kappa shape index (κ1) is 24.4. The number of hydroxylamine groups is 2. The van der Waals surface area contributed by atoms with Crippen LogP contribution in [0.2, 0.25) is 0 Å². The molecule has 0 aliphatic rings. The minimum Gasteiger partial charge on any atom is -0.395 e. The molecule has 10 nitrogen and oxygen atoms in total. The molecule has 0 aliphatic heterocycles. The third-order valence-corrected chi connectivity index (χ3v) is 3.79. The summed E-state index contributed by atoms with van der Waals surface area (Å²) in [5.41, 5.74) is 3.18. The Morgan fingerprint density at radius 3 is 2.66 bits per heavy atom. The molecule has 13 heteroatoms. The monoisotopic (exact) mass is 422 g/mol. The van der Waals surface area contributed by atoms with Gasteiger partial charge in [-0.1, -0.05) is 26.2 Å². The largest absolute Gasteiger partial charge is 0.433 e. The van der Waals surface area contributed by atoms with Crippen LogP contribution in [-0.4, -0.2) is 57.4 Å². The van der Waals surface area contributed by atoms with Gasteiger partial charge in [-0.3, -0.25) is 25.6 Å². The summed E-state index contributed by atoms with van der Waals surface area (Å²) in [5.74, 6) is -2.15. The van der Waals surface area contributed by atoms with E-state index in [1.54, 1.807) is 0 Å². The van der Waals surface area contributed by atoms with Gasteiger partial charge in [-0.05, 0) is 6.42 Å². The Morgan fingerprint density at radius 2 is 2.07 bits per heavy atom. The fourth-order valence-corrected chi connectivity index (χ4v) is 2.36. The van der Waals surface area contributed by atoms with Crippen molar-refractivity contribution in [2.75, 3.05) is 30.4 Å². The minimum atomic E-state index is -4.75. The molecular weight excluding hydrogens is 397 g/mol. The van der Waals surface area contributed by atoms with Gasteiger partial charge in [0.1, 0.15) is 5.82 Å². The lowest BCUT2D eigenvalue weighted by atomic mass is 10.0. The number of halogens is 3. The zero-order chi connectivity index (χ0) is 21.9. The third kappa shape index (κ3) is 8.91. The highest BCUT2D eigenvalue weighted by atomic mass is 19.4. The Labute approximate surface area is 165 Å². The van der Waals surface area contributed by atoms with E-state index < -0.39 is 29.6 Å². The maximum absolute atomic E-state index is 13.0. The fraction of sp³-hybridized carbons (Fsp3) is 0.625. The number of amides is 2. The molecule has 0 aliphatic carbocycles. The van der Waals surface area contributed by atoms with E-state index in [1.165, 1.54) is 0 Å². The second kappa shape index (κ2) is 12.0. The number of nitrogens with one attached hydrogen (secondary N) is 3. The summed E-state index contributed by atoms with van der Waals surface area (Å²) >= 11 is 0. The van der Waals surface area contributed by atoms with Crippen LogP contribution in [0.1, 0.15) is 38.3 Å². The first-order valence-electron chi connectivity index (χ1n) is 8.99. The Morgan fingerprint density at radius 1 is 1.34 bits per heavy atom. The van der Waals surface area contributed by atoms with Crippen molar-refractivity contribution in [2.45, 2.75) is 38.8 Å². The first-order valence-corrected chi connectivity index (χ1v) is 8.99. The number of carbonyl (C=O) groups is 2. The van der Waals surface area contributed by atoms with Crippen molar-refractivity contribution in [1.29, 1.82) is 0 Å². The van der Waals surface area contributed by atoms with Crippen molar-refractivity contribution in [3.05, 3.63) is 11.8 Å². The molecule has 0 saturated heterocycles. The van der Waals surface area contributed by atoms with E-state index in [1.807, 2.05) is 6.92 Å². The summed E-state index contributed by atoms with van der Waals surface area (Å²) in [6.07, 6.45) is -1.84. The van der Waals surface area contributed by atoms with E-state index in [0.717, 1.165) is 12.8 Å². The van der Waals surface area contributed by atoms with E-state index in [-0.39, 0.29) is 31.9 Å². The number of aromatic nitrogens is 2. The van der Waals surface area contributed by atoms with Crippen LogP contribution >= 0.6 is 0 Å². The predicted octanol–water partition coefficient (Wildman–Crippen LogP) is 1.39. The van der Waals surface area contributed by atoms with E-state index in [4.69, 9.17) is 5.11 Å². The number of hydrogen-bond acceptors (Lipinski definition) is 8. The summed E-state index contributed by atoms with van der Waals surface area (Å²) in [5, 5.41) is 21.0. The molecule has 0 unspecified atom stereocenters. The molecule has 5 N–H and O–H groups in total. The maximum Gasteiger partial charge on any atom is 0.433 e. The van der Waals surface area contributed by atoms with Crippen LogP contribution in [-0.2, 0) is 15.8 Å². The normalized spacial score (nSPS) is 12.2. The average molecular weight is 422 g/mol. The van der Waals surface area contributed by atoms with Gasteiger partial charge in [-0.2, -0.15) is 18.2 Å². The number of carbonyl (C=O) groups excluding carboxylic acids is 2. The van der Waals surface area contributed by atoms with Crippen LogP contribution in [0.3, 0.4) is 0 Å². The van der Waals surface area contributed by atoms with Crippen LogP contribution in [0.25, 0.3) is 0 Å². The van der Waals surface area contributed by atoms with Gasteiger partial charge in [0.25, 0.3) is 0 Å². The van der Waals surface area contributed by atoms with Crippen molar-refractivity contribution in [1.82, 2.24) is 20.5 Å². The molecule has 0 bridgehead atoms. The topological polar surface area (TPSA) is 140 Å². The standard InChI is InChI=1S/C16H25F3N6O4/c1-2-3-4-5-11(9-25(29)10-27)14(28)23-24-15-21-12(16(17,18)19)8-13(22-15)20-6-7-26/h8,10-11,26,29H,2-7,9H2,1H3,(H,23,28)(H2,20,21,22,24)/t11-/m1/s1. The van der Waals surface area contributed by atoms with Gasteiger partial charge < -0.3 is 10.4 Å². The SMILES string of the molecule is CCCCC[C@H](CN(O)C=O)C(=O)NNc1nc(NCCO)cc(C(F)(F)F)n1. The van der Waals surface area contributed by atoms with Crippen LogP contribution in [0.15, 0.2) is 6.07 Å². The molecule has 1 rings (SSSR count). The molecule has 0 saturated carbocycles. The van der Waals surface area contributed by atoms with Gasteiger partial charge >= 0.3 is 6.18 Å². The van der Waals surface area contributed by atoms with Crippen molar-refractivity contribution >= 4 is 24.1 Å². The number of aliphatic hydroxyl groups excluding tert-OH is 1. The van der Waals surface area contributed by atoms with Crippen molar-refractivity contribution in [3.8, 4) is 0 Å². The van der Waals surface area contributed by atoms with Crippen LogP contribution in [0, 0.1) is 5.92 Å². The Bertz CT molecular complexity index is 662.